The Labute approximate surface area is 95.1 Å². The van der Waals surface area contributed by atoms with Crippen molar-refractivity contribution in [3.63, 3.8) is 0 Å². The van der Waals surface area contributed by atoms with Gasteiger partial charge in [0, 0.05) is 5.75 Å². The van der Waals surface area contributed by atoms with E-state index in [1.54, 1.807) is 0 Å². The van der Waals surface area contributed by atoms with Gasteiger partial charge in [0.1, 0.15) is 0 Å². The number of amides is 1. The molecule has 0 aliphatic heterocycles. The van der Waals surface area contributed by atoms with Crippen molar-refractivity contribution in [2.75, 3.05) is 31.1 Å². The van der Waals surface area contributed by atoms with Crippen molar-refractivity contribution in [2.24, 2.45) is 11.5 Å². The monoisotopic (exact) mass is 234 g/mol. The maximum atomic E-state index is 11.2. The number of primary amides is 1. The van der Waals surface area contributed by atoms with Gasteiger partial charge in [-0.3, -0.25) is 4.79 Å². The van der Waals surface area contributed by atoms with Gasteiger partial charge in [0.2, 0.25) is 5.91 Å². The van der Waals surface area contributed by atoms with Crippen molar-refractivity contribution >= 4 is 17.7 Å². The number of hydrogen-bond donors (Lipinski definition) is 2. The van der Waals surface area contributed by atoms with Gasteiger partial charge in [0.25, 0.3) is 0 Å². The lowest BCUT2D eigenvalue weighted by molar-refractivity contribution is -0.115. The highest BCUT2D eigenvalue weighted by molar-refractivity contribution is 7.99. The third-order valence-corrected chi connectivity index (χ3v) is 2.80. The highest BCUT2D eigenvalue weighted by Gasteiger charge is 1.96. The second-order valence-corrected chi connectivity index (χ2v) is 4.40. The Bertz CT molecular complexity index is 169. The lowest BCUT2D eigenvalue weighted by Crippen LogP contribution is -2.22. The number of nitrogens with two attached hydrogens (primary N) is 2. The molecule has 0 unspecified atom stereocenters. The number of thioether (sulfide) groups is 1. The Morgan fingerprint density at radius 2 is 2.00 bits per heavy atom. The average molecular weight is 234 g/mol. The van der Waals surface area contributed by atoms with E-state index in [0.717, 1.165) is 24.3 Å². The van der Waals surface area contributed by atoms with Crippen molar-refractivity contribution < 1.29 is 4.79 Å². The minimum absolute atomic E-state index is 0.293. The van der Waals surface area contributed by atoms with Crippen LogP contribution in [0.5, 0.6) is 0 Å². The van der Waals surface area contributed by atoms with Gasteiger partial charge in [0.05, 0.1) is 5.75 Å². The molecule has 0 aliphatic rings. The van der Waals surface area contributed by atoms with Crippen molar-refractivity contribution in [2.45, 2.75) is 19.3 Å². The fourth-order valence-electron chi connectivity index (χ4n) is 1.06. The Kier molecular flexibility index (Phi) is 10.0. The highest BCUT2D eigenvalue weighted by atomic mass is 32.2. The van der Waals surface area contributed by atoms with Crippen LogP contribution in [0.15, 0.2) is 0 Å². The summed E-state index contributed by atoms with van der Waals surface area (Å²) in [4.78, 5) is 10.4. The maximum Gasteiger partial charge on any atom is 0.227 e. The summed E-state index contributed by atoms with van der Waals surface area (Å²) in [5.74, 6) is 0.616. The molecule has 0 aromatic carbocycles. The first kappa shape index (κ1) is 14.7. The molecule has 0 aliphatic carbocycles. The summed E-state index contributed by atoms with van der Waals surface area (Å²) in [6, 6.07) is 0. The van der Waals surface area contributed by atoms with Crippen LogP contribution in [0.1, 0.15) is 19.3 Å². The van der Waals surface area contributed by atoms with Crippen molar-refractivity contribution in [3.05, 3.63) is 5.21 Å². The summed E-state index contributed by atoms with van der Waals surface area (Å²) in [7, 11) is 0. The molecule has 0 radical (unpaired) electrons. The lowest BCUT2D eigenvalue weighted by Gasteiger charge is -2.27. The number of nitrogens with zero attached hydrogens (tertiary/aromatic N) is 1. The molecule has 90 valence electrons. The van der Waals surface area contributed by atoms with E-state index in [-0.39, 0.29) is 5.91 Å². The molecular weight excluding hydrogens is 214 g/mol. The van der Waals surface area contributed by atoms with Gasteiger partial charge in [0.15, 0.2) is 0 Å². The molecule has 4 N–H and O–H groups in total. The first-order valence-electron chi connectivity index (χ1n) is 5.15. The van der Waals surface area contributed by atoms with E-state index in [2.05, 4.69) is 0 Å². The van der Waals surface area contributed by atoms with Crippen LogP contribution < -0.4 is 11.5 Å². The molecular formula is C9H20N3O2S-. The minimum Gasteiger partial charge on any atom is -0.785 e. The Balaban J connectivity index is 3.18. The molecule has 0 rings (SSSR count). The number of hydroxylamine groups is 2. The van der Waals surface area contributed by atoms with E-state index in [0.29, 0.717) is 31.1 Å². The fourth-order valence-corrected chi connectivity index (χ4v) is 1.74. The maximum absolute atomic E-state index is 11.2. The van der Waals surface area contributed by atoms with E-state index in [1.807, 2.05) is 0 Å². The van der Waals surface area contributed by atoms with Gasteiger partial charge in [-0.1, -0.05) is 6.42 Å². The first-order chi connectivity index (χ1) is 7.16. The van der Waals surface area contributed by atoms with Crippen molar-refractivity contribution in [1.82, 2.24) is 5.06 Å². The summed E-state index contributed by atoms with van der Waals surface area (Å²) < 4.78 is 0. The Morgan fingerprint density at radius 1 is 1.27 bits per heavy atom. The second kappa shape index (κ2) is 10.2. The van der Waals surface area contributed by atoms with Crippen LogP contribution in [0, 0.1) is 5.21 Å². The number of carbonyl (C=O) groups is 1. The summed E-state index contributed by atoms with van der Waals surface area (Å²) in [6.07, 6.45) is 2.87. The number of unbranched alkanes of at least 4 members (excludes halogenated alkanes) is 2. The molecule has 1 amide bonds. The summed E-state index contributed by atoms with van der Waals surface area (Å²) >= 11 is 1.40. The molecule has 0 spiro atoms. The number of hydrogen-bond acceptors (Lipinski definition) is 5. The third kappa shape index (κ3) is 11.6. The predicted molar refractivity (Wildman–Crippen MR) is 64.4 cm³/mol. The SMILES string of the molecule is NCCCCCN([O-])CCSCC(N)=O. The molecule has 5 nitrogen and oxygen atoms in total. The van der Waals surface area contributed by atoms with Crippen LogP contribution >= 0.6 is 11.8 Å². The van der Waals surface area contributed by atoms with Crippen LogP contribution in [-0.4, -0.2) is 42.1 Å². The normalized spacial score (nSPS) is 10.9. The molecule has 0 heterocycles. The van der Waals surface area contributed by atoms with E-state index in [4.69, 9.17) is 11.5 Å². The molecule has 0 aromatic heterocycles. The van der Waals surface area contributed by atoms with Gasteiger partial charge in [-0.15, -0.1) is 0 Å². The zero-order valence-electron chi connectivity index (χ0n) is 8.98. The van der Waals surface area contributed by atoms with Crippen molar-refractivity contribution in [1.29, 1.82) is 0 Å². The lowest BCUT2D eigenvalue weighted by atomic mass is 10.2. The zero-order valence-corrected chi connectivity index (χ0v) is 9.80. The third-order valence-electron chi connectivity index (χ3n) is 1.84. The Morgan fingerprint density at radius 3 is 2.60 bits per heavy atom. The van der Waals surface area contributed by atoms with Crippen LogP contribution in [0.2, 0.25) is 0 Å². The molecule has 0 atom stereocenters. The molecule has 0 bridgehead atoms. The molecule has 0 fully saturated rings. The number of carbonyl (C=O) groups excluding carboxylic acids is 1. The van der Waals surface area contributed by atoms with Gasteiger partial charge in [-0.25, -0.2) is 0 Å². The summed E-state index contributed by atoms with van der Waals surface area (Å²) in [6.45, 7) is 1.70. The fraction of sp³-hybridized carbons (Fsp3) is 0.889. The largest absolute Gasteiger partial charge is 0.785 e. The molecule has 6 heteroatoms. The van der Waals surface area contributed by atoms with Gasteiger partial charge >= 0.3 is 0 Å². The first-order valence-corrected chi connectivity index (χ1v) is 6.30. The molecule has 0 saturated carbocycles. The summed E-state index contributed by atoms with van der Waals surface area (Å²) in [5.41, 5.74) is 10.3. The van der Waals surface area contributed by atoms with Gasteiger partial charge in [-0.05, 0) is 32.5 Å². The zero-order chi connectivity index (χ0) is 11.5. The molecule has 15 heavy (non-hydrogen) atoms. The molecule has 0 aromatic rings. The van der Waals surface area contributed by atoms with Gasteiger partial charge < -0.3 is 21.7 Å². The standard InChI is InChI=1S/C9H20N3O2S/c10-4-2-1-3-5-12(14)6-7-15-8-9(11)13/h1-8,10H2,(H2,11,13)/q-1. The Hall–Kier alpha value is -0.300. The van der Waals surface area contributed by atoms with Crippen LogP contribution in [0.25, 0.3) is 0 Å². The molecule has 0 saturated heterocycles. The van der Waals surface area contributed by atoms with Crippen LogP contribution in [0.3, 0.4) is 0 Å². The quantitative estimate of drug-likeness (QED) is 0.414. The second-order valence-electron chi connectivity index (χ2n) is 3.30. The van der Waals surface area contributed by atoms with E-state index >= 15 is 0 Å². The highest BCUT2D eigenvalue weighted by Crippen LogP contribution is 2.01. The van der Waals surface area contributed by atoms with Gasteiger partial charge in [-0.2, -0.15) is 11.8 Å². The number of rotatable bonds is 10. The average Bonchev–Trinajstić information content (AvgIpc) is 2.19. The van der Waals surface area contributed by atoms with Crippen LogP contribution in [0.4, 0.5) is 0 Å². The van der Waals surface area contributed by atoms with E-state index in [9.17, 15) is 10.0 Å². The van der Waals surface area contributed by atoms with E-state index in [1.165, 1.54) is 11.8 Å². The van der Waals surface area contributed by atoms with E-state index < -0.39 is 0 Å². The van der Waals surface area contributed by atoms with Crippen molar-refractivity contribution in [3.8, 4) is 0 Å². The van der Waals surface area contributed by atoms with Crippen LogP contribution in [-0.2, 0) is 4.79 Å². The summed E-state index contributed by atoms with van der Waals surface area (Å²) in [5, 5.41) is 12.2. The predicted octanol–water partition coefficient (Wildman–Crippen LogP) is 0.134. The smallest absolute Gasteiger partial charge is 0.227 e. The minimum atomic E-state index is -0.333. The topological polar surface area (TPSA) is 95.4 Å².